The minimum atomic E-state index is -0.950. The summed E-state index contributed by atoms with van der Waals surface area (Å²) < 4.78 is 15.9. The number of hydrogen-bond acceptors (Lipinski definition) is 4. The molecule has 27 heavy (non-hydrogen) atoms. The zero-order valence-electron chi connectivity index (χ0n) is 16.2. The van der Waals surface area contributed by atoms with Crippen molar-refractivity contribution in [2.24, 2.45) is 13.0 Å². The molecule has 0 spiro atoms. The van der Waals surface area contributed by atoms with Crippen LogP contribution in [0.15, 0.2) is 47.5 Å². The van der Waals surface area contributed by atoms with Crippen molar-refractivity contribution in [2.45, 2.75) is 30.8 Å². The number of rotatable bonds is 6. The fraction of sp³-hybridized carbons (Fsp3) is 0.400. The molecule has 0 bridgehead atoms. The molecule has 7 heteroatoms. The zero-order chi connectivity index (χ0) is 19.1. The standard InChI is InChI=1S/C20H25N5OS/c1-14-12-18(14)25-19(17-6-5-11-23(17)2)21-22-20(25)24(3)13-15-7-9-16(10-8-15)27(4)26/h5-11,14,18H,12-13H2,1-4H3. The van der Waals surface area contributed by atoms with E-state index in [2.05, 4.69) is 37.2 Å². The predicted octanol–water partition coefficient (Wildman–Crippen LogP) is 3.24. The van der Waals surface area contributed by atoms with E-state index in [0.29, 0.717) is 12.0 Å². The van der Waals surface area contributed by atoms with E-state index in [4.69, 9.17) is 0 Å². The molecular formula is C20H25N5OS. The molecule has 0 saturated heterocycles. The van der Waals surface area contributed by atoms with Gasteiger partial charge in [0.15, 0.2) is 5.82 Å². The van der Waals surface area contributed by atoms with E-state index in [1.165, 1.54) is 0 Å². The van der Waals surface area contributed by atoms with Gasteiger partial charge >= 0.3 is 0 Å². The van der Waals surface area contributed by atoms with Crippen molar-refractivity contribution in [3.63, 3.8) is 0 Å². The van der Waals surface area contributed by atoms with Gasteiger partial charge in [-0.15, -0.1) is 10.2 Å². The van der Waals surface area contributed by atoms with E-state index in [-0.39, 0.29) is 0 Å². The maximum absolute atomic E-state index is 11.6. The monoisotopic (exact) mass is 383 g/mol. The fourth-order valence-electron chi connectivity index (χ4n) is 3.51. The summed E-state index contributed by atoms with van der Waals surface area (Å²) in [6.07, 6.45) is 4.89. The quantitative estimate of drug-likeness (QED) is 0.656. The van der Waals surface area contributed by atoms with Crippen molar-refractivity contribution in [3.05, 3.63) is 48.2 Å². The topological polar surface area (TPSA) is 56.0 Å². The minimum Gasteiger partial charge on any atom is -0.348 e. The first-order valence-electron chi connectivity index (χ1n) is 9.16. The number of anilines is 1. The second-order valence-corrected chi connectivity index (χ2v) is 8.81. The summed E-state index contributed by atoms with van der Waals surface area (Å²) in [5.41, 5.74) is 2.24. The number of hydrogen-bond donors (Lipinski definition) is 0. The molecule has 1 aliphatic carbocycles. The SMILES string of the molecule is CC1CC1n1c(-c2cccn2C)nnc1N(C)Cc1ccc(S(C)=O)cc1. The molecule has 1 aromatic carbocycles. The molecule has 3 aromatic rings. The Morgan fingerprint density at radius 3 is 2.48 bits per heavy atom. The first kappa shape index (κ1) is 18.0. The molecule has 2 heterocycles. The molecule has 6 nitrogen and oxygen atoms in total. The molecular weight excluding hydrogens is 358 g/mol. The third-order valence-corrected chi connectivity index (χ3v) is 6.20. The highest BCUT2D eigenvalue weighted by Crippen LogP contribution is 2.46. The van der Waals surface area contributed by atoms with Crippen molar-refractivity contribution in [1.82, 2.24) is 19.3 Å². The normalized spacial score (nSPS) is 19.9. The average molecular weight is 384 g/mol. The largest absolute Gasteiger partial charge is 0.348 e. The van der Waals surface area contributed by atoms with Gasteiger partial charge in [0.25, 0.3) is 0 Å². The molecule has 3 atom stereocenters. The fourth-order valence-corrected chi connectivity index (χ4v) is 4.03. The van der Waals surface area contributed by atoms with Gasteiger partial charge in [0.1, 0.15) is 0 Å². The van der Waals surface area contributed by atoms with Crippen LogP contribution in [0.3, 0.4) is 0 Å². The van der Waals surface area contributed by atoms with Crippen LogP contribution in [0, 0.1) is 5.92 Å². The lowest BCUT2D eigenvalue weighted by Gasteiger charge is -2.20. The van der Waals surface area contributed by atoms with Crippen molar-refractivity contribution in [1.29, 1.82) is 0 Å². The highest BCUT2D eigenvalue weighted by Gasteiger charge is 2.39. The smallest absolute Gasteiger partial charge is 0.227 e. The van der Waals surface area contributed by atoms with Crippen LogP contribution in [0.2, 0.25) is 0 Å². The molecule has 1 aliphatic rings. The van der Waals surface area contributed by atoms with Gasteiger partial charge in [0, 0.05) is 54.8 Å². The first-order valence-corrected chi connectivity index (χ1v) is 10.7. The average Bonchev–Trinajstić information content (AvgIpc) is 3.03. The van der Waals surface area contributed by atoms with E-state index < -0.39 is 10.8 Å². The van der Waals surface area contributed by atoms with Gasteiger partial charge in [-0.05, 0) is 42.2 Å². The Labute approximate surface area is 162 Å². The third kappa shape index (κ3) is 3.43. The van der Waals surface area contributed by atoms with E-state index in [1.807, 2.05) is 50.6 Å². The summed E-state index contributed by atoms with van der Waals surface area (Å²) in [6.45, 7) is 3.00. The second kappa shape index (κ2) is 6.96. The molecule has 0 N–H and O–H groups in total. The van der Waals surface area contributed by atoms with Crippen LogP contribution in [-0.2, 0) is 24.4 Å². The van der Waals surface area contributed by atoms with Crippen LogP contribution in [0.4, 0.5) is 5.95 Å². The van der Waals surface area contributed by atoms with Crippen LogP contribution >= 0.6 is 0 Å². The first-order chi connectivity index (χ1) is 13.0. The van der Waals surface area contributed by atoms with Gasteiger partial charge in [-0.3, -0.25) is 8.78 Å². The summed E-state index contributed by atoms with van der Waals surface area (Å²) in [6, 6.07) is 12.5. The van der Waals surface area contributed by atoms with E-state index >= 15 is 0 Å². The minimum absolute atomic E-state index is 0.451. The molecule has 1 saturated carbocycles. The Hall–Kier alpha value is -2.41. The number of aryl methyl sites for hydroxylation is 1. The molecule has 142 valence electrons. The summed E-state index contributed by atoms with van der Waals surface area (Å²) >= 11 is 0. The van der Waals surface area contributed by atoms with Crippen molar-refractivity contribution in [2.75, 3.05) is 18.2 Å². The Morgan fingerprint density at radius 1 is 1.22 bits per heavy atom. The molecule has 0 radical (unpaired) electrons. The Balaban J connectivity index is 1.64. The molecule has 3 unspecified atom stereocenters. The van der Waals surface area contributed by atoms with Crippen molar-refractivity contribution in [3.8, 4) is 11.5 Å². The zero-order valence-corrected chi connectivity index (χ0v) is 17.0. The highest BCUT2D eigenvalue weighted by molar-refractivity contribution is 7.84. The molecule has 1 fully saturated rings. The predicted molar refractivity (Wildman–Crippen MR) is 108 cm³/mol. The van der Waals surface area contributed by atoms with E-state index in [1.54, 1.807) is 6.26 Å². The van der Waals surface area contributed by atoms with Crippen LogP contribution in [0.1, 0.15) is 24.9 Å². The van der Waals surface area contributed by atoms with Crippen LogP contribution in [0.5, 0.6) is 0 Å². The highest BCUT2D eigenvalue weighted by atomic mass is 32.2. The Morgan fingerprint density at radius 2 is 1.93 bits per heavy atom. The lowest BCUT2D eigenvalue weighted by atomic mass is 10.2. The van der Waals surface area contributed by atoms with E-state index in [0.717, 1.165) is 40.9 Å². The van der Waals surface area contributed by atoms with Crippen LogP contribution in [0.25, 0.3) is 11.5 Å². The third-order valence-electron chi connectivity index (χ3n) is 5.27. The number of aromatic nitrogens is 4. The molecule has 0 aliphatic heterocycles. The second-order valence-electron chi connectivity index (χ2n) is 7.43. The lowest BCUT2D eigenvalue weighted by Crippen LogP contribution is -2.21. The Kier molecular flexibility index (Phi) is 4.63. The van der Waals surface area contributed by atoms with Gasteiger partial charge in [0.05, 0.1) is 5.69 Å². The van der Waals surface area contributed by atoms with Crippen molar-refractivity contribution < 1.29 is 4.21 Å². The summed E-state index contributed by atoms with van der Waals surface area (Å²) in [7, 11) is 3.13. The molecule has 2 aromatic heterocycles. The van der Waals surface area contributed by atoms with Gasteiger partial charge in [-0.25, -0.2) is 0 Å². The van der Waals surface area contributed by atoms with Gasteiger partial charge < -0.3 is 9.47 Å². The lowest BCUT2D eigenvalue weighted by molar-refractivity contribution is 0.668. The number of nitrogens with zero attached hydrogens (tertiary/aromatic N) is 5. The number of benzene rings is 1. The van der Waals surface area contributed by atoms with Gasteiger partial charge in [-0.2, -0.15) is 0 Å². The van der Waals surface area contributed by atoms with Crippen LogP contribution in [-0.4, -0.2) is 36.8 Å². The molecule has 0 amide bonds. The maximum Gasteiger partial charge on any atom is 0.227 e. The van der Waals surface area contributed by atoms with Gasteiger partial charge in [-0.1, -0.05) is 19.1 Å². The maximum atomic E-state index is 11.6. The van der Waals surface area contributed by atoms with Crippen LogP contribution < -0.4 is 4.90 Å². The van der Waals surface area contributed by atoms with E-state index in [9.17, 15) is 4.21 Å². The Bertz CT molecular complexity index is 975. The van der Waals surface area contributed by atoms with Crippen molar-refractivity contribution >= 4 is 16.7 Å². The summed E-state index contributed by atoms with van der Waals surface area (Å²) in [5.74, 6) is 2.46. The molecule has 4 rings (SSSR count). The van der Waals surface area contributed by atoms with Gasteiger partial charge in [0.2, 0.25) is 5.95 Å². The summed E-state index contributed by atoms with van der Waals surface area (Å²) in [5, 5.41) is 9.05. The summed E-state index contributed by atoms with van der Waals surface area (Å²) in [4.78, 5) is 2.99.